The van der Waals surface area contributed by atoms with Crippen LogP contribution in [0.2, 0.25) is 0 Å². The summed E-state index contributed by atoms with van der Waals surface area (Å²) >= 11 is 0. The Labute approximate surface area is 201 Å². The fourth-order valence-electron chi connectivity index (χ4n) is 3.94. The number of carboxylic acids is 1. The number of carbonyl (C=O) groups is 1. The number of ether oxygens (including phenoxy) is 1. The summed E-state index contributed by atoms with van der Waals surface area (Å²) in [6, 6.07) is 11.1. The van der Waals surface area contributed by atoms with E-state index in [2.05, 4.69) is 35.6 Å². The lowest BCUT2D eigenvalue weighted by molar-refractivity contribution is -0.148. The Kier molecular flexibility index (Phi) is 6.29. The number of aryl methyl sites for hydroxylation is 1. The van der Waals surface area contributed by atoms with E-state index in [0.717, 1.165) is 23.5 Å². The highest BCUT2D eigenvalue weighted by Gasteiger charge is 2.36. The predicted octanol–water partition coefficient (Wildman–Crippen LogP) is 2.83. The lowest BCUT2D eigenvalue weighted by Crippen LogP contribution is -2.36. The largest absolute Gasteiger partial charge is 0.492 e. The summed E-state index contributed by atoms with van der Waals surface area (Å²) in [4.78, 5) is 28.8. The zero-order valence-corrected chi connectivity index (χ0v) is 19.1. The first-order chi connectivity index (χ1) is 17.1. The molecule has 0 unspecified atom stereocenters. The van der Waals surface area contributed by atoms with E-state index in [9.17, 15) is 9.90 Å². The highest BCUT2D eigenvalue weighted by atomic mass is 16.5. The molecule has 0 aromatic carbocycles. The number of aliphatic carboxylic acids is 1. The summed E-state index contributed by atoms with van der Waals surface area (Å²) in [7, 11) is 1.81. The fraction of sp³-hybridized carbons (Fsp3) is 0.292. The molecule has 1 fully saturated rings. The summed E-state index contributed by atoms with van der Waals surface area (Å²) in [6.45, 7) is 0.762. The highest BCUT2D eigenvalue weighted by molar-refractivity contribution is 5.71. The number of hydrogen-bond acceptors (Lipinski definition) is 9. The normalized spacial score (nSPS) is 16.9. The van der Waals surface area contributed by atoms with Gasteiger partial charge in [-0.25, -0.2) is 14.6 Å². The van der Waals surface area contributed by atoms with Gasteiger partial charge in [-0.05, 0) is 43.2 Å². The predicted molar refractivity (Wildman–Crippen MR) is 126 cm³/mol. The number of hydrogen-bond donors (Lipinski definition) is 2. The molecule has 11 nitrogen and oxygen atoms in total. The molecule has 0 saturated heterocycles. The molecule has 1 saturated carbocycles. The Balaban J connectivity index is 1.25. The van der Waals surface area contributed by atoms with Crippen LogP contribution in [0.25, 0.3) is 22.8 Å². The van der Waals surface area contributed by atoms with Crippen molar-refractivity contribution in [2.75, 3.05) is 11.9 Å². The zero-order chi connectivity index (χ0) is 24.2. The number of nitrogens with zero attached hydrogens (tertiary/aromatic N) is 7. The average Bonchev–Trinajstić information content (AvgIpc) is 3.23. The Hall–Kier alpha value is -4.41. The number of aromatic nitrogens is 7. The van der Waals surface area contributed by atoms with Gasteiger partial charge in [0.05, 0.1) is 48.0 Å². The molecule has 0 aliphatic heterocycles. The highest BCUT2D eigenvalue weighted by Crippen LogP contribution is 2.35. The molecule has 0 amide bonds. The Morgan fingerprint density at radius 1 is 1.09 bits per heavy atom. The minimum atomic E-state index is -0.754. The number of nitrogens with one attached hydrogen (secondary N) is 1. The Bertz CT molecular complexity index is 1310. The van der Waals surface area contributed by atoms with Crippen molar-refractivity contribution in [2.45, 2.75) is 19.4 Å². The van der Waals surface area contributed by atoms with Gasteiger partial charge < -0.3 is 15.2 Å². The van der Waals surface area contributed by atoms with E-state index in [1.807, 2.05) is 43.4 Å². The van der Waals surface area contributed by atoms with Crippen LogP contribution in [-0.4, -0.2) is 52.6 Å². The van der Waals surface area contributed by atoms with E-state index in [0.29, 0.717) is 42.7 Å². The maximum absolute atomic E-state index is 11.2. The third-order valence-corrected chi connectivity index (χ3v) is 6.12. The zero-order valence-electron chi connectivity index (χ0n) is 19.1. The van der Waals surface area contributed by atoms with Crippen LogP contribution in [0, 0.1) is 11.8 Å². The van der Waals surface area contributed by atoms with Crippen LogP contribution in [0.15, 0.2) is 55.0 Å². The minimum absolute atomic E-state index is 0.0447. The van der Waals surface area contributed by atoms with Crippen molar-refractivity contribution < 1.29 is 14.6 Å². The van der Waals surface area contributed by atoms with Crippen molar-refractivity contribution in [2.24, 2.45) is 18.9 Å². The second-order valence-electron chi connectivity index (χ2n) is 8.31. The van der Waals surface area contributed by atoms with Crippen molar-refractivity contribution >= 4 is 11.9 Å². The van der Waals surface area contributed by atoms with Crippen molar-refractivity contribution in [3.8, 4) is 28.5 Å². The quantitative estimate of drug-likeness (QED) is 0.373. The molecule has 4 aromatic rings. The van der Waals surface area contributed by atoms with Crippen LogP contribution < -0.4 is 10.1 Å². The van der Waals surface area contributed by atoms with E-state index in [1.165, 1.54) is 0 Å². The van der Waals surface area contributed by atoms with E-state index in [-0.39, 0.29) is 11.8 Å². The molecule has 11 heteroatoms. The maximum Gasteiger partial charge on any atom is 0.306 e. The molecule has 4 aromatic heterocycles. The van der Waals surface area contributed by atoms with Gasteiger partial charge in [-0.3, -0.25) is 14.8 Å². The summed E-state index contributed by atoms with van der Waals surface area (Å²) in [6.07, 6.45) is 6.61. The molecule has 0 spiro atoms. The van der Waals surface area contributed by atoms with Crippen LogP contribution in [0.4, 0.5) is 5.95 Å². The smallest absolute Gasteiger partial charge is 0.306 e. The lowest BCUT2D eigenvalue weighted by atomic mass is 9.74. The molecule has 0 bridgehead atoms. The second kappa shape index (κ2) is 9.84. The molecule has 2 atom stereocenters. The summed E-state index contributed by atoms with van der Waals surface area (Å²) in [5, 5.41) is 20.8. The van der Waals surface area contributed by atoms with Gasteiger partial charge >= 0.3 is 5.97 Å². The average molecular weight is 473 g/mol. The first-order valence-electron chi connectivity index (χ1n) is 11.3. The van der Waals surface area contributed by atoms with E-state index in [1.54, 1.807) is 23.3 Å². The molecule has 0 radical (unpaired) electrons. The van der Waals surface area contributed by atoms with Crippen LogP contribution >= 0.6 is 0 Å². The van der Waals surface area contributed by atoms with Crippen molar-refractivity contribution in [1.82, 2.24) is 34.9 Å². The van der Waals surface area contributed by atoms with Gasteiger partial charge in [0, 0.05) is 25.4 Å². The molecule has 178 valence electrons. The van der Waals surface area contributed by atoms with Crippen LogP contribution in [-0.2, 0) is 18.4 Å². The van der Waals surface area contributed by atoms with E-state index in [4.69, 9.17) is 4.74 Å². The fourth-order valence-corrected chi connectivity index (χ4v) is 3.94. The van der Waals surface area contributed by atoms with Gasteiger partial charge in [0.25, 0.3) is 0 Å². The molecule has 1 aliphatic carbocycles. The molecule has 2 N–H and O–H groups in total. The SMILES string of the molecule is Cn1nnc(-c2ccc(OC[C@@H]3CC[C@H]3C(=O)O)cn2)c1CNc1nccc(-c2ccccn2)n1. The molecule has 35 heavy (non-hydrogen) atoms. The van der Waals surface area contributed by atoms with Crippen LogP contribution in [0.5, 0.6) is 5.75 Å². The number of carboxylic acid groups (broad SMARTS) is 1. The van der Waals surface area contributed by atoms with Crippen LogP contribution in [0.3, 0.4) is 0 Å². The molecular formula is C24H24N8O3. The van der Waals surface area contributed by atoms with Crippen molar-refractivity contribution in [3.05, 3.63) is 60.7 Å². The molecule has 4 heterocycles. The summed E-state index contributed by atoms with van der Waals surface area (Å²) in [5.74, 6) is 0.0329. The number of anilines is 1. The molecule has 5 rings (SSSR count). The van der Waals surface area contributed by atoms with Gasteiger partial charge in [0.15, 0.2) is 0 Å². The monoisotopic (exact) mass is 472 g/mol. The lowest BCUT2D eigenvalue weighted by Gasteiger charge is -2.32. The van der Waals surface area contributed by atoms with E-state index >= 15 is 0 Å². The van der Waals surface area contributed by atoms with E-state index < -0.39 is 5.97 Å². The van der Waals surface area contributed by atoms with Gasteiger partial charge in [-0.15, -0.1) is 5.10 Å². The minimum Gasteiger partial charge on any atom is -0.492 e. The first-order valence-corrected chi connectivity index (χ1v) is 11.3. The maximum atomic E-state index is 11.2. The Morgan fingerprint density at radius 3 is 2.71 bits per heavy atom. The first kappa shape index (κ1) is 22.4. The van der Waals surface area contributed by atoms with Gasteiger partial charge in [-0.2, -0.15) is 0 Å². The van der Waals surface area contributed by atoms with Gasteiger partial charge in [0.2, 0.25) is 5.95 Å². The topological polar surface area (TPSA) is 141 Å². The van der Waals surface area contributed by atoms with Crippen molar-refractivity contribution in [3.63, 3.8) is 0 Å². The molecule has 1 aliphatic rings. The number of rotatable bonds is 9. The second-order valence-corrected chi connectivity index (χ2v) is 8.31. The Morgan fingerprint density at radius 2 is 2.00 bits per heavy atom. The molecular weight excluding hydrogens is 448 g/mol. The van der Waals surface area contributed by atoms with Gasteiger partial charge in [0.1, 0.15) is 11.4 Å². The number of pyridine rings is 2. The third-order valence-electron chi connectivity index (χ3n) is 6.12. The van der Waals surface area contributed by atoms with Crippen LogP contribution in [0.1, 0.15) is 18.5 Å². The third kappa shape index (κ3) is 4.93. The van der Waals surface area contributed by atoms with Gasteiger partial charge in [-0.1, -0.05) is 11.3 Å². The van der Waals surface area contributed by atoms with Crippen molar-refractivity contribution in [1.29, 1.82) is 0 Å². The summed E-state index contributed by atoms with van der Waals surface area (Å²) in [5.41, 5.74) is 3.59. The standard InChI is InChI=1S/C24H24N8O3/c1-32-21(13-28-24-26-11-9-19(29-24)18-4-2-3-10-25-18)22(30-31-32)20-8-6-16(12-27-20)35-14-15-5-7-17(15)23(33)34/h2-4,6,8-12,15,17H,5,7,13-14H2,1H3,(H,33,34)(H,26,28,29)/t15-,17+/m0/s1. The summed E-state index contributed by atoms with van der Waals surface area (Å²) < 4.78 is 7.45.